The maximum Gasteiger partial charge on any atom is 0.338 e. The van der Waals surface area contributed by atoms with Crippen LogP contribution < -0.4 is 0 Å². The van der Waals surface area contributed by atoms with Gasteiger partial charge in [-0.3, -0.25) is 19.1 Å². The molecule has 8 heterocycles. The van der Waals surface area contributed by atoms with Crippen LogP contribution in [0, 0.1) is 17.8 Å². The number of ether oxygens (including phenoxy) is 15. The molecule has 8 aromatic rings. The van der Waals surface area contributed by atoms with Crippen LogP contribution in [0.15, 0.2) is 146 Å². The summed E-state index contributed by atoms with van der Waals surface area (Å²) in [6, 6.07) is 33.4. The van der Waals surface area contributed by atoms with E-state index in [1.165, 1.54) is 27.9 Å². The van der Waals surface area contributed by atoms with Crippen molar-refractivity contribution < 1.29 is 105 Å². The maximum atomic E-state index is 14.2. The summed E-state index contributed by atoms with van der Waals surface area (Å²) >= 11 is 13.5. The normalized spacial score (nSPS) is 27.5. The Kier molecular flexibility index (Phi) is 27.9. The van der Waals surface area contributed by atoms with E-state index in [1.807, 2.05) is 6.92 Å². The van der Waals surface area contributed by atoms with Gasteiger partial charge in [0.15, 0.2) is 43.1 Å². The van der Waals surface area contributed by atoms with Crippen molar-refractivity contribution in [3.05, 3.63) is 191 Å². The Balaban J connectivity index is 0.749. The third-order valence-corrected chi connectivity index (χ3v) is 20.2. The number of benzene rings is 4. The van der Waals surface area contributed by atoms with Crippen LogP contribution in [0.4, 0.5) is 0 Å². The van der Waals surface area contributed by atoms with Crippen molar-refractivity contribution in [3.63, 3.8) is 0 Å². The number of rotatable bonds is 33. The molecule has 0 radical (unpaired) electrons. The zero-order valence-corrected chi connectivity index (χ0v) is 64.6. The number of halogens is 2. The minimum absolute atomic E-state index is 0.0244. The fraction of sp³-hybridized carbons (Fsp3) is 0.494. The van der Waals surface area contributed by atoms with Crippen molar-refractivity contribution in [1.29, 1.82) is 0 Å². The first-order chi connectivity index (χ1) is 54.5. The summed E-state index contributed by atoms with van der Waals surface area (Å²) in [5.41, 5.74) is 2.52. The Morgan fingerprint density at radius 2 is 0.788 bits per heavy atom. The highest BCUT2D eigenvalue weighted by atomic mass is 35.5. The van der Waals surface area contributed by atoms with E-state index >= 15 is 0 Å². The standard InChI is InChI=1S/C77H88Cl2N12O22/c1-9-31-88-32-56(82-84-88)41-100-74-45(4)63(108-70(95)50-23-15-11-16-24-50)66(111-73(98)53-29-21-14-22-30-53)61(107-74)38-91-35-57(83-87-91)42-101-75-46(5)64(109-71(96)51-25-17-12-18-26-51)65(110-72(97)52-27-19-13-20-28-52)60(106-75)37-90-34-55(81-86-90)40-99-39-54-33-89(85-80-54)36-59-44(3)69(104-49(8)94)77(43-78,112-59)113-76-68(103-48(7)93)67(102-47(6)92)62(79)58(10-2)105-76/h11-30,32-35,44-46,58-69,74-76H,9-10,31,36-43H2,1-8H3/t44-,45-,46+,58-,59-,60-,61-,62-,63-,64+,65-,66-,67-,68-,69+,74?,75+,76-,77+/m0/s1. The van der Waals surface area contributed by atoms with Gasteiger partial charge in [-0.15, -0.1) is 43.6 Å². The predicted molar refractivity (Wildman–Crippen MR) is 391 cm³/mol. The molecule has 0 bridgehead atoms. The average molecular weight is 1600 g/mol. The monoisotopic (exact) mass is 1600 g/mol. The van der Waals surface area contributed by atoms with E-state index in [9.17, 15) is 33.6 Å². The van der Waals surface area contributed by atoms with Crippen LogP contribution in [0.2, 0.25) is 0 Å². The molecule has 0 N–H and O–H groups in total. The SMILES string of the molecule is CCCn1cc(COC2O[C@@H](Cn3cc(CO[C@@H]4O[C@@H](Cn5cc(COCc6cn(C[C@@H]7O[C@](CCl)(O[C@@H]8O[C@@H](CC)[C@H](Cl)[C@H](OC(C)=O)[C@@H]8OC(C)=O)[C@H](OC(C)=O)[C@H]7C)nn6)nn5)[C@H](OC(=O)c5ccccc5)[C@H](OC(=O)c5ccccc5)[C@H]4C)nn3)[C@H](OC(=O)c3ccccc3)[C@@H](OC(=O)c3ccccc3)[C@@H]2C)nn1. The zero-order valence-electron chi connectivity index (χ0n) is 63.1. The van der Waals surface area contributed by atoms with Crippen molar-refractivity contribution in [2.45, 2.75) is 218 Å². The number of nitrogens with zero attached hydrogens (tertiary/aromatic N) is 12. The van der Waals surface area contributed by atoms with Crippen molar-refractivity contribution in [2.75, 3.05) is 5.88 Å². The van der Waals surface area contributed by atoms with Gasteiger partial charge in [-0.25, -0.2) is 33.2 Å². The number of hydrogen-bond acceptors (Lipinski definition) is 30. The number of esters is 7. The molecular formula is C77H88Cl2N12O22. The lowest BCUT2D eigenvalue weighted by atomic mass is 9.91. The minimum Gasteiger partial charge on any atom is -0.457 e. The van der Waals surface area contributed by atoms with Crippen molar-refractivity contribution in [2.24, 2.45) is 17.8 Å². The second-order valence-electron chi connectivity index (χ2n) is 27.8. The van der Waals surface area contributed by atoms with Gasteiger partial charge in [0.05, 0.1) is 111 Å². The molecule has 0 saturated carbocycles. The zero-order chi connectivity index (χ0) is 79.9. The third-order valence-electron chi connectivity index (χ3n) is 19.3. The molecule has 0 amide bonds. The molecular weight excluding hydrogens is 1520 g/mol. The third kappa shape index (κ3) is 20.7. The molecule has 602 valence electrons. The van der Waals surface area contributed by atoms with Gasteiger partial charge in [-0.1, -0.05) is 128 Å². The first kappa shape index (κ1) is 82.4. The Morgan fingerprint density at radius 1 is 0.425 bits per heavy atom. The van der Waals surface area contributed by atoms with E-state index < -0.39 is 163 Å². The van der Waals surface area contributed by atoms with Crippen LogP contribution in [0.25, 0.3) is 0 Å². The fourth-order valence-corrected chi connectivity index (χ4v) is 14.5. The lowest BCUT2D eigenvalue weighted by Crippen LogP contribution is -2.62. The van der Waals surface area contributed by atoms with E-state index in [2.05, 4.69) is 41.2 Å². The van der Waals surface area contributed by atoms with Gasteiger partial charge in [0.1, 0.15) is 52.6 Å². The molecule has 0 aliphatic carbocycles. The van der Waals surface area contributed by atoms with E-state index in [0.29, 0.717) is 30.0 Å². The Labute approximate surface area is 659 Å². The van der Waals surface area contributed by atoms with Crippen molar-refractivity contribution in [1.82, 2.24) is 60.0 Å². The lowest BCUT2D eigenvalue weighted by molar-refractivity contribution is -0.358. The second-order valence-corrected chi connectivity index (χ2v) is 28.6. The first-order valence-corrected chi connectivity index (χ1v) is 38.0. The molecule has 1 unspecified atom stereocenters. The number of hydrogen-bond donors (Lipinski definition) is 0. The molecule has 12 rings (SSSR count). The van der Waals surface area contributed by atoms with Gasteiger partial charge in [0, 0.05) is 45.1 Å². The van der Waals surface area contributed by atoms with E-state index in [1.54, 1.807) is 178 Å². The fourth-order valence-electron chi connectivity index (χ4n) is 13.8. The molecule has 113 heavy (non-hydrogen) atoms. The van der Waals surface area contributed by atoms with E-state index in [4.69, 9.17) is 94.3 Å². The van der Waals surface area contributed by atoms with Crippen molar-refractivity contribution in [3.8, 4) is 0 Å². The van der Waals surface area contributed by atoms with Crippen LogP contribution in [0.3, 0.4) is 0 Å². The van der Waals surface area contributed by atoms with Gasteiger partial charge in [-0.05, 0) is 61.4 Å². The highest BCUT2D eigenvalue weighted by Gasteiger charge is 2.61. The number of aryl methyl sites for hydroxylation is 1. The Bertz CT molecular complexity index is 4490. The van der Waals surface area contributed by atoms with Gasteiger partial charge in [0.2, 0.25) is 12.1 Å². The molecule has 34 nitrogen and oxygen atoms in total. The number of carbonyl (C=O) groups is 7. The molecule has 36 heteroatoms. The summed E-state index contributed by atoms with van der Waals surface area (Å²) in [7, 11) is 0. The summed E-state index contributed by atoms with van der Waals surface area (Å²) in [5, 5.41) is 33.8. The molecule has 4 fully saturated rings. The molecule has 4 aromatic carbocycles. The highest BCUT2D eigenvalue weighted by Crippen LogP contribution is 2.44. The molecule has 0 spiro atoms. The molecule has 4 aliphatic rings. The van der Waals surface area contributed by atoms with Crippen LogP contribution in [0.5, 0.6) is 0 Å². The van der Waals surface area contributed by atoms with Gasteiger partial charge >= 0.3 is 41.8 Å². The van der Waals surface area contributed by atoms with Crippen LogP contribution in [0.1, 0.15) is 132 Å². The molecule has 4 saturated heterocycles. The number of carbonyl (C=O) groups excluding carboxylic acids is 7. The summed E-state index contributed by atoms with van der Waals surface area (Å²) in [4.78, 5) is 94.0. The largest absolute Gasteiger partial charge is 0.457 e. The molecule has 19 atom stereocenters. The minimum atomic E-state index is -1.90. The van der Waals surface area contributed by atoms with Gasteiger partial charge < -0.3 is 71.1 Å². The van der Waals surface area contributed by atoms with Gasteiger partial charge in [-0.2, -0.15) is 0 Å². The predicted octanol–water partition coefficient (Wildman–Crippen LogP) is 7.76. The number of alkyl halides is 2. The molecule has 4 aromatic heterocycles. The Hall–Kier alpha value is -10.0. The van der Waals surface area contributed by atoms with Crippen LogP contribution in [-0.2, 0) is 138 Å². The quantitative estimate of drug-likeness (QED) is 0.0215. The summed E-state index contributed by atoms with van der Waals surface area (Å²) in [6.07, 6.45) is -8.36. The average Bonchev–Trinajstić information content (AvgIpc) is 1.66. The van der Waals surface area contributed by atoms with E-state index in [0.717, 1.165) is 13.3 Å². The summed E-state index contributed by atoms with van der Waals surface area (Å²) in [6.45, 7) is 12.7. The van der Waals surface area contributed by atoms with Gasteiger partial charge in [0.25, 0.3) is 0 Å². The second kappa shape index (κ2) is 38.2. The topological polar surface area (TPSA) is 381 Å². The lowest BCUT2D eigenvalue weighted by Gasteiger charge is -2.45. The maximum absolute atomic E-state index is 14.2. The first-order valence-electron chi connectivity index (χ1n) is 37.0. The van der Waals surface area contributed by atoms with Crippen LogP contribution in [-0.4, -0.2) is 205 Å². The summed E-state index contributed by atoms with van der Waals surface area (Å²) < 4.78 is 100. The number of aromatic nitrogens is 12. The van der Waals surface area contributed by atoms with Crippen molar-refractivity contribution >= 4 is 65.0 Å². The molecule has 4 aliphatic heterocycles. The Morgan fingerprint density at radius 3 is 1.18 bits per heavy atom. The van der Waals surface area contributed by atoms with E-state index in [-0.39, 0.29) is 74.0 Å². The van der Waals surface area contributed by atoms with Crippen LogP contribution >= 0.6 is 23.2 Å². The smallest absolute Gasteiger partial charge is 0.338 e. The summed E-state index contributed by atoms with van der Waals surface area (Å²) in [5.74, 6) is -9.42. The highest BCUT2D eigenvalue weighted by molar-refractivity contribution is 6.21.